The molecule has 0 aliphatic carbocycles. The highest BCUT2D eigenvalue weighted by atomic mass is 35.5. The molecule has 0 N–H and O–H groups in total. The van der Waals surface area contributed by atoms with Crippen molar-refractivity contribution in [1.82, 2.24) is 4.98 Å². The molecule has 1 aromatic heterocycles. The molecule has 0 radical (unpaired) electrons. The molecule has 28 heavy (non-hydrogen) atoms. The third-order valence-electron chi connectivity index (χ3n) is 4.44. The second kappa shape index (κ2) is 8.19. The average molecular weight is 396 g/mol. The summed E-state index contributed by atoms with van der Waals surface area (Å²) in [5, 5.41) is 11.4. The number of halogens is 1. The molecule has 0 spiro atoms. The van der Waals surface area contributed by atoms with Crippen LogP contribution in [0.5, 0.6) is 0 Å². The van der Waals surface area contributed by atoms with Crippen molar-refractivity contribution in [2.24, 2.45) is 0 Å². The summed E-state index contributed by atoms with van der Waals surface area (Å²) < 4.78 is 0. The zero-order valence-electron chi connectivity index (χ0n) is 15.4. The Hall–Kier alpha value is -3.25. The summed E-state index contributed by atoms with van der Waals surface area (Å²) in [5.74, 6) is -0.437. The first-order valence-electron chi connectivity index (χ1n) is 8.62. The molecule has 0 saturated carbocycles. The lowest BCUT2D eigenvalue weighted by molar-refractivity contribution is -0.386. The lowest BCUT2D eigenvalue weighted by Crippen LogP contribution is -2.31. The quantitative estimate of drug-likeness (QED) is 0.342. The fourth-order valence-corrected chi connectivity index (χ4v) is 3.46. The topological polar surface area (TPSA) is 76.3 Å². The summed E-state index contributed by atoms with van der Waals surface area (Å²) in [6.07, 6.45) is 0. The van der Waals surface area contributed by atoms with Gasteiger partial charge in [-0.15, -0.1) is 0 Å². The van der Waals surface area contributed by atoms with E-state index in [1.165, 1.54) is 13.8 Å². The van der Waals surface area contributed by atoms with Crippen molar-refractivity contribution in [3.05, 3.63) is 98.3 Å². The van der Waals surface area contributed by atoms with E-state index in [0.29, 0.717) is 12.2 Å². The largest absolute Gasteiger partial charge is 0.304 e. The minimum atomic E-state index is -0.533. The smallest absolute Gasteiger partial charge is 0.294 e. The minimum Gasteiger partial charge on any atom is -0.304 e. The van der Waals surface area contributed by atoms with Gasteiger partial charge in [0.1, 0.15) is 10.8 Å². The summed E-state index contributed by atoms with van der Waals surface area (Å²) >= 11 is 6.26. The molecule has 0 saturated heterocycles. The van der Waals surface area contributed by atoms with E-state index in [4.69, 9.17) is 11.6 Å². The number of amides is 1. The Balaban J connectivity index is 2.12. The van der Waals surface area contributed by atoms with Gasteiger partial charge in [0.15, 0.2) is 0 Å². The number of para-hydroxylation sites is 1. The van der Waals surface area contributed by atoms with E-state index in [9.17, 15) is 14.9 Å². The molecule has 0 atom stereocenters. The van der Waals surface area contributed by atoms with Gasteiger partial charge in [0.25, 0.3) is 11.6 Å². The molecule has 0 unspecified atom stereocenters. The number of nitro groups is 1. The van der Waals surface area contributed by atoms with Crippen molar-refractivity contribution >= 4 is 28.9 Å². The van der Waals surface area contributed by atoms with Crippen LogP contribution in [0.15, 0.2) is 60.7 Å². The molecule has 1 heterocycles. The molecule has 142 valence electrons. The highest BCUT2D eigenvalue weighted by molar-refractivity contribution is 6.33. The average Bonchev–Trinajstić information content (AvgIpc) is 2.66. The summed E-state index contributed by atoms with van der Waals surface area (Å²) in [5.41, 5.74) is 1.82. The first-order chi connectivity index (χ1) is 13.4. The van der Waals surface area contributed by atoms with Crippen molar-refractivity contribution in [1.29, 1.82) is 0 Å². The number of aryl methyl sites for hydroxylation is 1. The molecule has 0 aliphatic heterocycles. The first-order valence-corrected chi connectivity index (χ1v) is 9.00. The molecule has 0 bridgehead atoms. The molecule has 7 heteroatoms. The van der Waals surface area contributed by atoms with Crippen LogP contribution in [0.3, 0.4) is 0 Å². The highest BCUT2D eigenvalue weighted by Gasteiger charge is 2.29. The van der Waals surface area contributed by atoms with Crippen LogP contribution < -0.4 is 4.90 Å². The van der Waals surface area contributed by atoms with Crippen LogP contribution in [-0.2, 0) is 6.54 Å². The van der Waals surface area contributed by atoms with Crippen LogP contribution in [0, 0.1) is 24.0 Å². The van der Waals surface area contributed by atoms with E-state index < -0.39 is 10.8 Å². The van der Waals surface area contributed by atoms with Crippen molar-refractivity contribution in [2.75, 3.05) is 4.90 Å². The van der Waals surface area contributed by atoms with E-state index >= 15 is 0 Å². The second-order valence-corrected chi connectivity index (χ2v) is 6.66. The third kappa shape index (κ3) is 3.87. The van der Waals surface area contributed by atoms with Crippen LogP contribution in [0.1, 0.15) is 27.2 Å². The Morgan fingerprint density at radius 3 is 2.21 bits per heavy atom. The number of aromatic nitrogens is 1. The van der Waals surface area contributed by atoms with Gasteiger partial charge in [-0.2, -0.15) is 0 Å². The number of hydrogen-bond donors (Lipinski definition) is 0. The van der Waals surface area contributed by atoms with Gasteiger partial charge in [-0.3, -0.25) is 14.9 Å². The van der Waals surface area contributed by atoms with Gasteiger partial charge >= 0.3 is 0 Å². The molecule has 1 amide bonds. The van der Waals surface area contributed by atoms with Gasteiger partial charge in [0.05, 0.1) is 17.0 Å². The summed E-state index contributed by atoms with van der Waals surface area (Å²) in [4.78, 5) is 30.0. The number of anilines is 1. The van der Waals surface area contributed by atoms with Crippen molar-refractivity contribution in [3.63, 3.8) is 0 Å². The fourth-order valence-electron chi connectivity index (χ4n) is 3.11. The number of pyridine rings is 1. The lowest BCUT2D eigenvalue weighted by atomic mass is 10.1. The lowest BCUT2D eigenvalue weighted by Gasteiger charge is -2.24. The monoisotopic (exact) mass is 395 g/mol. The van der Waals surface area contributed by atoms with Crippen LogP contribution in [0.25, 0.3) is 0 Å². The van der Waals surface area contributed by atoms with E-state index in [-0.39, 0.29) is 27.7 Å². The van der Waals surface area contributed by atoms with Crippen molar-refractivity contribution in [3.8, 4) is 0 Å². The number of hydrogen-bond acceptors (Lipinski definition) is 4. The zero-order chi connectivity index (χ0) is 20.3. The van der Waals surface area contributed by atoms with Gasteiger partial charge in [0.2, 0.25) is 0 Å². The normalized spacial score (nSPS) is 10.5. The van der Waals surface area contributed by atoms with E-state index in [1.807, 2.05) is 48.5 Å². The molecule has 3 rings (SSSR count). The Kier molecular flexibility index (Phi) is 5.70. The third-order valence-corrected chi connectivity index (χ3v) is 4.71. The molecule has 0 aliphatic rings. The summed E-state index contributed by atoms with van der Waals surface area (Å²) in [7, 11) is 0. The minimum absolute atomic E-state index is 0.0405. The van der Waals surface area contributed by atoms with Gasteiger partial charge in [-0.25, -0.2) is 4.98 Å². The Bertz CT molecular complexity index is 1020. The Morgan fingerprint density at radius 2 is 1.64 bits per heavy atom. The molecular formula is C21H18ClN3O3. The van der Waals surface area contributed by atoms with E-state index in [2.05, 4.69) is 4.98 Å². The Morgan fingerprint density at radius 1 is 1.07 bits per heavy atom. The number of carbonyl (C=O) groups is 1. The number of nitrogens with zero attached hydrogens (tertiary/aromatic N) is 3. The summed E-state index contributed by atoms with van der Waals surface area (Å²) in [6.45, 7) is 3.32. The van der Waals surface area contributed by atoms with Crippen molar-refractivity contribution in [2.45, 2.75) is 20.4 Å². The van der Waals surface area contributed by atoms with Crippen LogP contribution in [-0.4, -0.2) is 15.8 Å². The van der Waals surface area contributed by atoms with Crippen LogP contribution in [0.4, 0.5) is 11.4 Å². The maximum Gasteiger partial charge on any atom is 0.294 e. The number of benzene rings is 2. The predicted octanol–water partition coefficient (Wildman–Crippen LogP) is 5.11. The Labute approximate surface area is 167 Å². The van der Waals surface area contributed by atoms with E-state index in [0.717, 1.165) is 5.56 Å². The molecule has 3 aromatic rings. The van der Waals surface area contributed by atoms with Crippen LogP contribution >= 0.6 is 11.6 Å². The van der Waals surface area contributed by atoms with Gasteiger partial charge < -0.3 is 4.90 Å². The fraction of sp³-hybridized carbons (Fsp3) is 0.143. The molecule has 6 nitrogen and oxygen atoms in total. The number of rotatable bonds is 5. The molecule has 2 aromatic carbocycles. The molecule has 0 fully saturated rings. The highest BCUT2D eigenvalue weighted by Crippen LogP contribution is 2.31. The standard InChI is InChI=1S/C21H18ClN3O3/c1-14-18(20(22)23-15(2)19(14)25(27)28)21(26)24(17-11-7-4-8-12-17)13-16-9-5-3-6-10-16/h3-12H,13H2,1-2H3. The van der Waals surface area contributed by atoms with Crippen molar-refractivity contribution < 1.29 is 9.72 Å². The zero-order valence-corrected chi connectivity index (χ0v) is 16.2. The number of carbonyl (C=O) groups excluding carboxylic acids is 1. The SMILES string of the molecule is Cc1nc(Cl)c(C(=O)N(Cc2ccccc2)c2ccccc2)c(C)c1[N+](=O)[O-]. The van der Waals surface area contributed by atoms with Gasteiger partial charge in [0, 0.05) is 11.3 Å². The maximum atomic E-state index is 13.5. The molecular weight excluding hydrogens is 378 g/mol. The van der Waals surface area contributed by atoms with Gasteiger partial charge in [-0.05, 0) is 31.5 Å². The predicted molar refractivity (Wildman–Crippen MR) is 109 cm³/mol. The summed E-state index contributed by atoms with van der Waals surface area (Å²) in [6, 6.07) is 18.6. The second-order valence-electron chi connectivity index (χ2n) is 6.31. The van der Waals surface area contributed by atoms with Crippen LogP contribution in [0.2, 0.25) is 5.15 Å². The van der Waals surface area contributed by atoms with Gasteiger partial charge in [-0.1, -0.05) is 60.1 Å². The van der Waals surface area contributed by atoms with E-state index in [1.54, 1.807) is 17.0 Å². The first kappa shape index (κ1) is 19.5. The maximum absolute atomic E-state index is 13.5.